The van der Waals surface area contributed by atoms with Gasteiger partial charge in [0, 0.05) is 12.4 Å². The molecule has 0 amide bonds. The van der Waals surface area contributed by atoms with Gasteiger partial charge in [-0.1, -0.05) is 12.1 Å². The highest BCUT2D eigenvalue weighted by atomic mass is 32.2. The topological polar surface area (TPSA) is 29.0 Å². The third-order valence-corrected chi connectivity index (χ3v) is 3.57. The van der Waals surface area contributed by atoms with Crippen molar-refractivity contribution in [3.8, 4) is 0 Å². The van der Waals surface area contributed by atoms with Gasteiger partial charge in [0.05, 0.1) is 4.90 Å². The predicted octanol–water partition coefficient (Wildman–Crippen LogP) is 3.86. The summed E-state index contributed by atoms with van der Waals surface area (Å²) in [5, 5.41) is 0. The Kier molecular flexibility index (Phi) is 4.79. The summed E-state index contributed by atoms with van der Waals surface area (Å²) in [7, 11) is 1.32. The fourth-order valence-electron chi connectivity index (χ4n) is 1.80. The first-order valence-electron chi connectivity index (χ1n) is 5.86. The lowest BCUT2D eigenvalue weighted by Gasteiger charge is -2.29. The van der Waals surface area contributed by atoms with Gasteiger partial charge in [0.1, 0.15) is 18.2 Å². The van der Waals surface area contributed by atoms with Gasteiger partial charge in [0.25, 0.3) is 0 Å². The van der Waals surface area contributed by atoms with Crippen molar-refractivity contribution in [2.24, 2.45) is 0 Å². The van der Waals surface area contributed by atoms with Crippen LogP contribution in [0.25, 0.3) is 0 Å². The second kappa shape index (κ2) is 6.40. The molecule has 0 fully saturated rings. The van der Waals surface area contributed by atoms with E-state index in [-0.39, 0.29) is 5.56 Å². The molecule has 1 aromatic heterocycles. The van der Waals surface area contributed by atoms with Crippen LogP contribution in [0.3, 0.4) is 0 Å². The minimum absolute atomic E-state index is 0.0317. The predicted molar refractivity (Wildman–Crippen MR) is 70.8 cm³/mol. The normalized spacial score (nSPS) is 13.4. The van der Waals surface area contributed by atoms with Crippen LogP contribution in [0.5, 0.6) is 0 Å². The Bertz CT molecular complexity index is 574. The van der Waals surface area contributed by atoms with E-state index < -0.39 is 18.0 Å². The third kappa shape index (κ3) is 4.15. The summed E-state index contributed by atoms with van der Waals surface area (Å²) >= 11 is 0.872. The lowest BCUT2D eigenvalue weighted by Crippen LogP contribution is -2.31. The number of hydrogen-bond donors (Lipinski definition) is 0. The lowest BCUT2D eigenvalue weighted by atomic mass is 10.1. The van der Waals surface area contributed by atoms with Crippen LogP contribution >= 0.6 is 11.9 Å². The van der Waals surface area contributed by atoms with E-state index in [2.05, 4.69) is 9.97 Å². The van der Waals surface area contributed by atoms with Gasteiger partial charge in [-0.25, -0.2) is 18.7 Å². The summed E-state index contributed by atoms with van der Waals surface area (Å²) in [5.74, 6) is -0.577. The van der Waals surface area contributed by atoms with Crippen molar-refractivity contribution in [3.63, 3.8) is 0 Å². The van der Waals surface area contributed by atoms with Crippen LogP contribution in [-0.2, 0) is 0 Å². The van der Waals surface area contributed by atoms with Crippen LogP contribution in [0.2, 0.25) is 0 Å². The maximum Gasteiger partial charge on any atom is 0.408 e. The molecule has 2 rings (SSSR count). The van der Waals surface area contributed by atoms with Crippen molar-refractivity contribution in [1.29, 1.82) is 0 Å². The molecule has 0 saturated carbocycles. The standard InChI is InChI=1S/C13H11F4N3S/c1-20(21-11-6-18-8-19-7-11)12(13(15,16)17)9-2-4-10(14)5-3-9/h2-8,12H,1H3. The van der Waals surface area contributed by atoms with E-state index in [1.54, 1.807) is 0 Å². The zero-order chi connectivity index (χ0) is 15.5. The third-order valence-electron chi connectivity index (χ3n) is 2.65. The molecule has 1 heterocycles. The fourth-order valence-corrected chi connectivity index (χ4v) is 2.70. The summed E-state index contributed by atoms with van der Waals surface area (Å²) in [4.78, 5) is 7.99. The number of alkyl halides is 3. The lowest BCUT2D eigenvalue weighted by molar-refractivity contribution is -0.169. The monoisotopic (exact) mass is 317 g/mol. The van der Waals surface area contributed by atoms with Crippen molar-refractivity contribution >= 4 is 11.9 Å². The van der Waals surface area contributed by atoms with Crippen LogP contribution in [0.4, 0.5) is 17.6 Å². The van der Waals surface area contributed by atoms with E-state index in [0.717, 1.165) is 40.5 Å². The minimum atomic E-state index is -4.49. The molecule has 0 N–H and O–H groups in total. The minimum Gasteiger partial charge on any atom is -0.244 e. The molecule has 0 saturated heterocycles. The number of rotatable bonds is 4. The molecule has 21 heavy (non-hydrogen) atoms. The van der Waals surface area contributed by atoms with Crippen LogP contribution in [-0.4, -0.2) is 27.5 Å². The van der Waals surface area contributed by atoms with Gasteiger partial charge in [0.15, 0.2) is 0 Å². The summed E-state index contributed by atoms with van der Waals surface area (Å²) in [6.07, 6.45) is -0.348. The summed E-state index contributed by atoms with van der Waals surface area (Å²) in [5.41, 5.74) is -0.0317. The Morgan fingerprint density at radius 3 is 2.19 bits per heavy atom. The Hall–Kier alpha value is -1.67. The second-order valence-electron chi connectivity index (χ2n) is 4.21. The van der Waals surface area contributed by atoms with Gasteiger partial charge in [-0.2, -0.15) is 13.2 Å². The largest absolute Gasteiger partial charge is 0.408 e. The van der Waals surface area contributed by atoms with Crippen molar-refractivity contribution in [2.45, 2.75) is 17.1 Å². The van der Waals surface area contributed by atoms with Crippen LogP contribution in [0, 0.1) is 5.82 Å². The van der Waals surface area contributed by atoms with Crippen molar-refractivity contribution in [2.75, 3.05) is 7.05 Å². The molecule has 1 unspecified atom stereocenters. The second-order valence-corrected chi connectivity index (χ2v) is 5.44. The molecule has 0 radical (unpaired) electrons. The maximum atomic E-state index is 13.3. The van der Waals surface area contributed by atoms with E-state index in [0.29, 0.717) is 4.90 Å². The Morgan fingerprint density at radius 1 is 1.10 bits per heavy atom. The zero-order valence-corrected chi connectivity index (χ0v) is 11.7. The van der Waals surface area contributed by atoms with Crippen molar-refractivity contribution in [3.05, 3.63) is 54.4 Å². The summed E-state index contributed by atoms with van der Waals surface area (Å²) in [6.45, 7) is 0. The first-order chi connectivity index (χ1) is 9.88. The van der Waals surface area contributed by atoms with E-state index in [4.69, 9.17) is 0 Å². The smallest absolute Gasteiger partial charge is 0.244 e. The average molecular weight is 317 g/mol. The first kappa shape index (κ1) is 15.7. The molecular weight excluding hydrogens is 306 g/mol. The van der Waals surface area contributed by atoms with Gasteiger partial charge in [-0.15, -0.1) is 0 Å². The van der Waals surface area contributed by atoms with E-state index >= 15 is 0 Å². The molecular formula is C13H11F4N3S. The quantitative estimate of drug-likeness (QED) is 0.632. The molecule has 0 aliphatic carbocycles. The van der Waals surface area contributed by atoms with Gasteiger partial charge in [-0.3, -0.25) is 0 Å². The molecule has 112 valence electrons. The van der Waals surface area contributed by atoms with Gasteiger partial charge >= 0.3 is 6.18 Å². The first-order valence-corrected chi connectivity index (χ1v) is 6.63. The van der Waals surface area contributed by atoms with E-state index in [9.17, 15) is 17.6 Å². The molecule has 2 aromatic rings. The van der Waals surface area contributed by atoms with Gasteiger partial charge < -0.3 is 0 Å². The number of aromatic nitrogens is 2. The number of nitrogens with zero attached hydrogens (tertiary/aromatic N) is 3. The average Bonchev–Trinajstić information content (AvgIpc) is 2.41. The highest BCUT2D eigenvalue weighted by Gasteiger charge is 2.44. The Labute approximate surface area is 123 Å². The van der Waals surface area contributed by atoms with E-state index in [1.165, 1.54) is 25.8 Å². The molecule has 0 bridgehead atoms. The van der Waals surface area contributed by atoms with Crippen molar-refractivity contribution in [1.82, 2.24) is 14.3 Å². The van der Waals surface area contributed by atoms with Crippen LogP contribution < -0.4 is 0 Å². The zero-order valence-electron chi connectivity index (χ0n) is 10.9. The van der Waals surface area contributed by atoms with E-state index in [1.807, 2.05) is 0 Å². The Balaban J connectivity index is 2.26. The number of hydrogen-bond acceptors (Lipinski definition) is 4. The maximum absolute atomic E-state index is 13.3. The molecule has 0 aliphatic rings. The SMILES string of the molecule is CN(Sc1cncnc1)C(c1ccc(F)cc1)C(F)(F)F. The Morgan fingerprint density at radius 2 is 1.67 bits per heavy atom. The van der Waals surface area contributed by atoms with Gasteiger partial charge in [0.2, 0.25) is 0 Å². The summed E-state index contributed by atoms with van der Waals surface area (Å²) < 4.78 is 53.8. The van der Waals surface area contributed by atoms with Crippen LogP contribution in [0.1, 0.15) is 11.6 Å². The number of halogens is 4. The molecule has 0 spiro atoms. The van der Waals surface area contributed by atoms with Gasteiger partial charge in [-0.05, 0) is 36.7 Å². The molecule has 1 atom stereocenters. The number of benzene rings is 1. The summed E-state index contributed by atoms with van der Waals surface area (Å²) in [6, 6.07) is 2.43. The highest BCUT2D eigenvalue weighted by Crippen LogP contribution is 2.41. The molecule has 8 heteroatoms. The molecule has 0 aliphatic heterocycles. The van der Waals surface area contributed by atoms with Crippen molar-refractivity contribution < 1.29 is 17.6 Å². The fraction of sp³-hybridized carbons (Fsp3) is 0.231. The van der Waals surface area contributed by atoms with Crippen LogP contribution in [0.15, 0.2) is 47.9 Å². The molecule has 1 aromatic carbocycles. The highest BCUT2D eigenvalue weighted by molar-refractivity contribution is 7.97. The molecule has 3 nitrogen and oxygen atoms in total.